The van der Waals surface area contributed by atoms with Crippen LogP contribution in [-0.2, 0) is 12.3 Å². The Hall–Kier alpha value is -3.13. The standard InChI is InChI=1S/C27H21F3N2P.BrH/c28-27(29,30)26-20(18-31)16-17-25(32)24(26)19-33(21-10-4-1-5-11-21,22-12-6-2-7-13-22)23-14-8-3-9-15-23;/h1-17H,19,32H2;1H/q+1;/p-1. The summed E-state index contributed by atoms with van der Waals surface area (Å²) in [5, 5.41) is 12.3. The first kappa shape index (κ1) is 25.5. The molecule has 0 bridgehead atoms. The van der Waals surface area contributed by atoms with Gasteiger partial charge in [-0.15, -0.1) is 0 Å². The van der Waals surface area contributed by atoms with Crippen LogP contribution in [0.25, 0.3) is 0 Å². The zero-order valence-corrected chi connectivity index (χ0v) is 20.5. The number of hydrogen-bond donors (Lipinski definition) is 1. The van der Waals surface area contributed by atoms with Crippen molar-refractivity contribution in [3.05, 3.63) is 120 Å². The second-order valence-electron chi connectivity index (χ2n) is 7.64. The topological polar surface area (TPSA) is 49.8 Å². The lowest BCUT2D eigenvalue weighted by Crippen LogP contribution is -3.00. The molecule has 172 valence electrons. The molecular weight excluding hydrogens is 520 g/mol. The van der Waals surface area contributed by atoms with Crippen molar-refractivity contribution in [2.75, 3.05) is 5.73 Å². The Morgan fingerprint density at radius 2 is 1.12 bits per heavy atom. The van der Waals surface area contributed by atoms with Crippen LogP contribution >= 0.6 is 7.26 Å². The fourth-order valence-electron chi connectivity index (χ4n) is 4.26. The normalized spacial score (nSPS) is 11.4. The van der Waals surface area contributed by atoms with Gasteiger partial charge >= 0.3 is 6.18 Å². The summed E-state index contributed by atoms with van der Waals surface area (Å²) in [4.78, 5) is 0. The highest BCUT2D eigenvalue weighted by Crippen LogP contribution is 2.59. The van der Waals surface area contributed by atoms with Crippen LogP contribution < -0.4 is 38.6 Å². The molecule has 4 aromatic rings. The van der Waals surface area contributed by atoms with Gasteiger partial charge in [0.15, 0.2) is 0 Å². The Balaban J connectivity index is 0.00000324. The number of hydrogen-bond acceptors (Lipinski definition) is 2. The minimum absolute atomic E-state index is 0. The molecule has 0 fully saturated rings. The minimum atomic E-state index is -4.71. The van der Waals surface area contributed by atoms with Crippen LogP contribution in [0.3, 0.4) is 0 Å². The van der Waals surface area contributed by atoms with E-state index in [2.05, 4.69) is 0 Å². The molecule has 2 N–H and O–H groups in total. The minimum Gasteiger partial charge on any atom is -1.00 e. The lowest BCUT2D eigenvalue weighted by Gasteiger charge is -2.29. The van der Waals surface area contributed by atoms with Gasteiger partial charge in [-0.1, -0.05) is 54.6 Å². The van der Waals surface area contributed by atoms with E-state index in [1.807, 2.05) is 91.0 Å². The fourth-order valence-corrected chi connectivity index (χ4v) is 8.56. The average Bonchev–Trinajstić information content (AvgIpc) is 2.84. The van der Waals surface area contributed by atoms with Gasteiger partial charge in [0, 0.05) is 11.3 Å². The van der Waals surface area contributed by atoms with Crippen molar-refractivity contribution in [2.45, 2.75) is 12.3 Å². The van der Waals surface area contributed by atoms with Crippen molar-refractivity contribution in [3.63, 3.8) is 0 Å². The van der Waals surface area contributed by atoms with Gasteiger partial charge in [-0.2, -0.15) is 18.4 Å². The summed E-state index contributed by atoms with van der Waals surface area (Å²) in [7, 11) is -2.62. The van der Waals surface area contributed by atoms with E-state index in [0.717, 1.165) is 22.0 Å². The SMILES string of the molecule is N#Cc1ccc(N)c(C[P+](c2ccccc2)(c2ccccc2)c2ccccc2)c1C(F)(F)F.[Br-]. The van der Waals surface area contributed by atoms with Crippen LogP contribution in [0.4, 0.5) is 18.9 Å². The molecule has 0 aliphatic heterocycles. The van der Waals surface area contributed by atoms with Crippen molar-refractivity contribution in [3.8, 4) is 6.07 Å². The first-order valence-corrected chi connectivity index (χ1v) is 12.3. The summed E-state index contributed by atoms with van der Waals surface area (Å²) in [6, 6.07) is 33.1. The molecule has 4 aromatic carbocycles. The third kappa shape index (κ3) is 4.73. The molecule has 0 heterocycles. The molecule has 7 heteroatoms. The number of anilines is 1. The second-order valence-corrected chi connectivity index (χ2v) is 11.1. The van der Waals surface area contributed by atoms with Crippen LogP contribution in [0, 0.1) is 11.3 Å². The van der Waals surface area contributed by atoms with Crippen molar-refractivity contribution < 1.29 is 30.2 Å². The van der Waals surface area contributed by atoms with Gasteiger partial charge in [0.1, 0.15) is 29.3 Å². The average molecular weight is 541 g/mol. The van der Waals surface area contributed by atoms with E-state index < -0.39 is 24.6 Å². The summed E-state index contributed by atoms with van der Waals surface area (Å²) >= 11 is 0. The monoisotopic (exact) mass is 540 g/mol. The number of nitrogens with zero attached hydrogens (tertiary/aromatic N) is 1. The molecule has 0 radical (unpaired) electrons. The molecule has 0 spiro atoms. The molecule has 0 amide bonds. The molecule has 0 aliphatic rings. The maximum absolute atomic E-state index is 14.3. The molecule has 2 nitrogen and oxygen atoms in total. The van der Waals surface area contributed by atoms with Crippen molar-refractivity contribution >= 4 is 28.9 Å². The predicted octanol–water partition coefficient (Wildman–Crippen LogP) is 2.66. The lowest BCUT2D eigenvalue weighted by molar-refractivity contribution is -0.138. The molecular formula is C27H21BrF3N2P. The van der Waals surface area contributed by atoms with Crippen LogP contribution in [-0.4, -0.2) is 0 Å². The summed E-state index contributed by atoms with van der Waals surface area (Å²) in [6.07, 6.45) is -4.67. The third-order valence-corrected chi connectivity index (χ3v) is 10.1. The molecule has 34 heavy (non-hydrogen) atoms. The molecule has 0 saturated carbocycles. The number of alkyl halides is 3. The molecule has 0 aromatic heterocycles. The van der Waals surface area contributed by atoms with Gasteiger partial charge in [-0.25, -0.2) is 0 Å². The summed E-state index contributed by atoms with van der Waals surface area (Å²) in [5.41, 5.74) is 4.83. The maximum Gasteiger partial charge on any atom is 0.418 e. The lowest BCUT2D eigenvalue weighted by atomic mass is 10.0. The smallest absolute Gasteiger partial charge is 0.418 e. The van der Waals surface area contributed by atoms with Gasteiger partial charge in [0.2, 0.25) is 0 Å². The number of rotatable bonds is 5. The Kier molecular flexibility index (Phi) is 7.82. The molecule has 0 unspecified atom stereocenters. The zero-order chi connectivity index (χ0) is 23.5. The first-order chi connectivity index (χ1) is 15.9. The number of nitriles is 1. The second kappa shape index (κ2) is 10.4. The van der Waals surface area contributed by atoms with Crippen LogP contribution in [0.15, 0.2) is 103 Å². The Bertz CT molecular complexity index is 1190. The van der Waals surface area contributed by atoms with Crippen LogP contribution in [0.5, 0.6) is 0 Å². The largest absolute Gasteiger partial charge is 1.00 e. The fraction of sp³-hybridized carbons (Fsp3) is 0.0741. The number of nitrogens with two attached hydrogens (primary N) is 1. The van der Waals surface area contributed by atoms with Crippen LogP contribution in [0.2, 0.25) is 0 Å². The highest BCUT2D eigenvalue weighted by Gasteiger charge is 2.48. The summed E-state index contributed by atoms with van der Waals surface area (Å²) in [5.74, 6) is 0. The van der Waals surface area contributed by atoms with Crippen LogP contribution in [0.1, 0.15) is 16.7 Å². The number of nitrogen functional groups attached to an aromatic ring is 1. The molecule has 4 rings (SSSR count). The molecule has 0 atom stereocenters. The van der Waals surface area contributed by atoms with E-state index >= 15 is 0 Å². The van der Waals surface area contributed by atoms with Gasteiger partial charge < -0.3 is 22.7 Å². The zero-order valence-electron chi connectivity index (χ0n) is 18.0. The number of halogens is 4. The van der Waals surface area contributed by atoms with E-state index in [0.29, 0.717) is 0 Å². The molecule has 0 saturated heterocycles. The van der Waals surface area contributed by atoms with Gasteiger partial charge in [-0.05, 0) is 48.5 Å². The van der Waals surface area contributed by atoms with E-state index in [-0.39, 0.29) is 34.4 Å². The van der Waals surface area contributed by atoms with Crippen molar-refractivity contribution in [2.24, 2.45) is 0 Å². The predicted molar refractivity (Wildman–Crippen MR) is 129 cm³/mol. The Morgan fingerprint density at radius 3 is 1.47 bits per heavy atom. The quantitative estimate of drug-likeness (QED) is 0.312. The Labute approximate surface area is 208 Å². The highest BCUT2D eigenvalue weighted by atomic mass is 79.9. The van der Waals surface area contributed by atoms with Gasteiger partial charge in [0.05, 0.1) is 17.2 Å². The van der Waals surface area contributed by atoms with E-state index in [4.69, 9.17) is 5.73 Å². The third-order valence-electron chi connectivity index (χ3n) is 5.74. The van der Waals surface area contributed by atoms with E-state index in [1.54, 1.807) is 6.07 Å². The highest BCUT2D eigenvalue weighted by molar-refractivity contribution is 7.95. The first-order valence-electron chi connectivity index (χ1n) is 10.3. The maximum atomic E-state index is 14.3. The number of benzene rings is 4. The van der Waals surface area contributed by atoms with Gasteiger partial charge in [0.25, 0.3) is 0 Å². The van der Waals surface area contributed by atoms with E-state index in [9.17, 15) is 18.4 Å². The van der Waals surface area contributed by atoms with Gasteiger partial charge in [-0.3, -0.25) is 0 Å². The summed E-state index contributed by atoms with van der Waals surface area (Å²) in [6.45, 7) is 0. The summed E-state index contributed by atoms with van der Waals surface area (Å²) < 4.78 is 42.8. The van der Waals surface area contributed by atoms with E-state index in [1.165, 1.54) is 6.07 Å². The Morgan fingerprint density at radius 1 is 0.706 bits per heavy atom. The molecule has 0 aliphatic carbocycles. The van der Waals surface area contributed by atoms with Crippen molar-refractivity contribution in [1.29, 1.82) is 5.26 Å². The van der Waals surface area contributed by atoms with Crippen molar-refractivity contribution in [1.82, 2.24) is 0 Å².